The van der Waals surface area contributed by atoms with E-state index in [9.17, 15) is 18.0 Å². The van der Waals surface area contributed by atoms with Crippen molar-refractivity contribution in [3.63, 3.8) is 0 Å². The Balaban J connectivity index is 3.00. The lowest BCUT2D eigenvalue weighted by Gasteiger charge is -2.06. The molecule has 0 bridgehead atoms. The molecule has 0 unspecified atom stereocenters. The van der Waals surface area contributed by atoms with Crippen molar-refractivity contribution in [2.45, 2.75) is 13.1 Å². The molecule has 0 aliphatic heterocycles. The Kier molecular flexibility index (Phi) is 4.34. The van der Waals surface area contributed by atoms with Gasteiger partial charge in [0.05, 0.1) is 11.4 Å². The smallest absolute Gasteiger partial charge is 0.295 e. The Morgan fingerprint density at radius 3 is 2.18 bits per heavy atom. The van der Waals surface area contributed by atoms with Crippen LogP contribution >= 0.6 is 11.6 Å². The van der Waals surface area contributed by atoms with Crippen LogP contribution in [-0.2, 0) is 11.0 Å². The van der Waals surface area contributed by atoms with Gasteiger partial charge >= 0.3 is 6.18 Å². The van der Waals surface area contributed by atoms with Gasteiger partial charge in [-0.15, -0.1) is 11.6 Å². The van der Waals surface area contributed by atoms with Gasteiger partial charge in [0.2, 0.25) is 0 Å². The Labute approximate surface area is 102 Å². The van der Waals surface area contributed by atoms with E-state index in [4.69, 9.17) is 11.6 Å². The van der Waals surface area contributed by atoms with Gasteiger partial charge in [-0.1, -0.05) is 12.1 Å². The van der Waals surface area contributed by atoms with E-state index >= 15 is 0 Å². The Bertz CT molecular complexity index is 432. The topological polar surface area (TPSA) is 17.1 Å². The maximum Gasteiger partial charge on any atom is 0.416 e. The fourth-order valence-corrected chi connectivity index (χ4v) is 1.47. The van der Waals surface area contributed by atoms with Crippen molar-refractivity contribution in [3.8, 4) is 0 Å². The number of halogens is 4. The van der Waals surface area contributed by atoms with Crippen LogP contribution in [0.25, 0.3) is 6.08 Å². The molecule has 0 atom stereocenters. The van der Waals surface area contributed by atoms with Crippen LogP contribution in [0.15, 0.2) is 29.8 Å². The van der Waals surface area contributed by atoms with Crippen molar-refractivity contribution in [3.05, 3.63) is 41.0 Å². The molecule has 1 aromatic rings. The summed E-state index contributed by atoms with van der Waals surface area (Å²) in [5, 5.41) is 0. The minimum Gasteiger partial charge on any atom is -0.295 e. The van der Waals surface area contributed by atoms with Crippen molar-refractivity contribution < 1.29 is 18.0 Å². The molecule has 0 amide bonds. The van der Waals surface area contributed by atoms with E-state index in [1.54, 1.807) is 0 Å². The summed E-state index contributed by atoms with van der Waals surface area (Å²) in [7, 11) is 0. The van der Waals surface area contributed by atoms with Gasteiger partial charge in [-0.05, 0) is 30.7 Å². The van der Waals surface area contributed by atoms with Gasteiger partial charge in [-0.25, -0.2) is 0 Å². The second-order valence-electron chi connectivity index (χ2n) is 3.48. The lowest BCUT2D eigenvalue weighted by molar-refractivity contribution is -0.137. The molecular weight excluding hydrogens is 253 g/mol. The summed E-state index contributed by atoms with van der Waals surface area (Å²) in [6, 6.07) is 4.55. The third kappa shape index (κ3) is 3.89. The van der Waals surface area contributed by atoms with Crippen LogP contribution < -0.4 is 0 Å². The molecule has 0 radical (unpaired) electrons. The van der Waals surface area contributed by atoms with Crippen molar-refractivity contribution >= 4 is 23.5 Å². The van der Waals surface area contributed by atoms with E-state index in [0.717, 1.165) is 12.1 Å². The van der Waals surface area contributed by atoms with Crippen molar-refractivity contribution in [1.29, 1.82) is 0 Å². The number of alkyl halides is 4. The number of ketones is 1. The highest BCUT2D eigenvalue weighted by molar-refractivity contribution is 6.23. The molecule has 0 N–H and O–H groups in total. The number of Topliss-reactive ketones (excluding diaryl/α,β-unsaturated/α-hetero) is 1. The zero-order valence-electron chi connectivity index (χ0n) is 9.01. The first-order valence-electron chi connectivity index (χ1n) is 4.79. The van der Waals surface area contributed by atoms with Gasteiger partial charge in [0, 0.05) is 5.57 Å². The van der Waals surface area contributed by atoms with Crippen LogP contribution in [0.5, 0.6) is 0 Å². The number of carbonyl (C=O) groups excluding carboxylic acids is 1. The molecule has 0 aromatic heterocycles. The molecule has 1 rings (SSSR count). The van der Waals surface area contributed by atoms with E-state index in [1.807, 2.05) is 0 Å². The Morgan fingerprint density at radius 1 is 1.29 bits per heavy atom. The van der Waals surface area contributed by atoms with E-state index < -0.39 is 11.7 Å². The second-order valence-corrected chi connectivity index (χ2v) is 3.75. The summed E-state index contributed by atoms with van der Waals surface area (Å²) in [6.45, 7) is 1.36. The molecule has 0 fully saturated rings. The molecule has 1 aromatic carbocycles. The van der Waals surface area contributed by atoms with Crippen LogP contribution in [0.1, 0.15) is 18.1 Å². The first kappa shape index (κ1) is 13.8. The molecular formula is C12H10ClF3O. The molecule has 0 saturated heterocycles. The highest BCUT2D eigenvalue weighted by Gasteiger charge is 2.29. The number of hydrogen-bond donors (Lipinski definition) is 0. The standard InChI is InChI=1S/C12H10ClF3O/c1-8(17)10(7-13)6-9-2-4-11(5-3-9)12(14,15)16/h2-6H,7H2,1H3. The first-order valence-corrected chi connectivity index (χ1v) is 5.33. The van der Waals surface area contributed by atoms with Crippen LogP contribution in [0.3, 0.4) is 0 Å². The van der Waals surface area contributed by atoms with Crippen LogP contribution in [0.2, 0.25) is 0 Å². The quantitative estimate of drug-likeness (QED) is 0.596. The molecule has 5 heteroatoms. The zero-order chi connectivity index (χ0) is 13.1. The molecule has 0 heterocycles. The largest absolute Gasteiger partial charge is 0.416 e. The maximum atomic E-state index is 12.3. The summed E-state index contributed by atoms with van der Waals surface area (Å²) in [5.41, 5.74) is 0.167. The SMILES string of the molecule is CC(=O)C(=Cc1ccc(C(F)(F)F)cc1)CCl. The molecule has 0 aliphatic rings. The van der Waals surface area contributed by atoms with Gasteiger partial charge in [0.1, 0.15) is 0 Å². The average molecular weight is 263 g/mol. The fourth-order valence-electron chi connectivity index (χ4n) is 1.20. The number of carbonyl (C=O) groups is 1. The summed E-state index contributed by atoms with van der Waals surface area (Å²) >= 11 is 5.55. The second kappa shape index (κ2) is 5.36. The summed E-state index contributed by atoms with van der Waals surface area (Å²) in [4.78, 5) is 11.1. The highest BCUT2D eigenvalue weighted by atomic mass is 35.5. The third-order valence-electron chi connectivity index (χ3n) is 2.18. The number of benzene rings is 1. The van der Waals surface area contributed by atoms with E-state index in [2.05, 4.69) is 0 Å². The summed E-state index contributed by atoms with van der Waals surface area (Å²) in [6.07, 6.45) is -2.87. The van der Waals surface area contributed by atoms with Gasteiger partial charge < -0.3 is 0 Å². The molecule has 92 valence electrons. The number of allylic oxidation sites excluding steroid dienone is 1. The molecule has 1 nitrogen and oxygen atoms in total. The lowest BCUT2D eigenvalue weighted by atomic mass is 10.1. The van der Waals surface area contributed by atoms with E-state index in [1.165, 1.54) is 25.1 Å². The van der Waals surface area contributed by atoms with Crippen LogP contribution in [0.4, 0.5) is 13.2 Å². The minimum absolute atomic E-state index is 0.0381. The lowest BCUT2D eigenvalue weighted by Crippen LogP contribution is -2.04. The van der Waals surface area contributed by atoms with E-state index in [0.29, 0.717) is 11.1 Å². The Morgan fingerprint density at radius 2 is 1.82 bits per heavy atom. The number of hydrogen-bond acceptors (Lipinski definition) is 1. The predicted molar refractivity (Wildman–Crippen MR) is 60.8 cm³/mol. The van der Waals surface area contributed by atoms with Gasteiger partial charge in [-0.3, -0.25) is 4.79 Å². The Hall–Kier alpha value is -1.29. The van der Waals surface area contributed by atoms with E-state index in [-0.39, 0.29) is 11.7 Å². The van der Waals surface area contributed by atoms with Gasteiger partial charge in [-0.2, -0.15) is 13.2 Å². The summed E-state index contributed by atoms with van der Waals surface area (Å²) in [5.74, 6) is -0.156. The normalized spacial score (nSPS) is 12.6. The average Bonchev–Trinajstić information content (AvgIpc) is 2.25. The molecule has 0 saturated carbocycles. The van der Waals surface area contributed by atoms with Crippen molar-refractivity contribution in [1.82, 2.24) is 0 Å². The third-order valence-corrected chi connectivity index (χ3v) is 2.46. The molecule has 0 spiro atoms. The monoisotopic (exact) mass is 262 g/mol. The van der Waals surface area contributed by atoms with Crippen LogP contribution in [-0.4, -0.2) is 11.7 Å². The maximum absolute atomic E-state index is 12.3. The highest BCUT2D eigenvalue weighted by Crippen LogP contribution is 2.29. The van der Waals surface area contributed by atoms with Gasteiger partial charge in [0.15, 0.2) is 5.78 Å². The summed E-state index contributed by atoms with van der Waals surface area (Å²) < 4.78 is 36.9. The first-order chi connectivity index (χ1) is 7.84. The van der Waals surface area contributed by atoms with Gasteiger partial charge in [0.25, 0.3) is 0 Å². The number of rotatable bonds is 3. The molecule has 0 aliphatic carbocycles. The van der Waals surface area contributed by atoms with Crippen molar-refractivity contribution in [2.75, 3.05) is 5.88 Å². The predicted octanol–water partition coefficient (Wildman–Crippen LogP) is 3.92. The van der Waals surface area contributed by atoms with Crippen LogP contribution in [0, 0.1) is 0 Å². The molecule has 17 heavy (non-hydrogen) atoms. The minimum atomic E-state index is -4.35. The zero-order valence-corrected chi connectivity index (χ0v) is 9.77. The van der Waals surface area contributed by atoms with Crippen molar-refractivity contribution in [2.24, 2.45) is 0 Å². The fraction of sp³-hybridized carbons (Fsp3) is 0.250.